The van der Waals surface area contributed by atoms with Crippen molar-refractivity contribution in [1.82, 2.24) is 0 Å². The zero-order chi connectivity index (χ0) is 13.4. The van der Waals surface area contributed by atoms with Crippen LogP contribution >= 0.6 is 15.2 Å². The highest BCUT2D eigenvalue weighted by atomic mass is 31.2. The van der Waals surface area contributed by atoms with Crippen LogP contribution in [0, 0.1) is 0 Å². The number of rotatable bonds is 5. The molecule has 0 amide bonds. The van der Waals surface area contributed by atoms with Crippen LogP contribution in [0.25, 0.3) is 0 Å². The summed E-state index contributed by atoms with van der Waals surface area (Å²) in [6.07, 6.45) is -0.523. The van der Waals surface area contributed by atoms with Gasteiger partial charge in [-0.1, -0.05) is 0 Å². The van der Waals surface area contributed by atoms with Crippen LogP contribution in [0.2, 0.25) is 0 Å². The first-order valence-corrected chi connectivity index (χ1v) is 8.14. The third-order valence-electron chi connectivity index (χ3n) is 1.15. The Morgan fingerprint density at radius 1 is 0.938 bits per heavy atom. The van der Waals surface area contributed by atoms with Crippen LogP contribution in [-0.2, 0) is 9.13 Å². The summed E-state index contributed by atoms with van der Waals surface area (Å²) in [6.45, 7) is 1.72. The quantitative estimate of drug-likeness (QED) is 0.219. The van der Waals surface area contributed by atoms with E-state index in [2.05, 4.69) is 0 Å². The molecule has 0 aromatic rings. The van der Waals surface area contributed by atoms with Crippen LogP contribution in [0.1, 0.15) is 19.8 Å². The molecular formula is C6H20N2O6P2. The molecule has 0 saturated heterocycles. The van der Waals surface area contributed by atoms with E-state index in [0.29, 0.717) is 0 Å². The minimum Gasteiger partial charge on any atom is -0.324 e. The van der Waals surface area contributed by atoms with E-state index in [1.54, 1.807) is 6.92 Å². The van der Waals surface area contributed by atoms with Crippen molar-refractivity contribution in [1.29, 1.82) is 0 Å². The fourth-order valence-corrected chi connectivity index (χ4v) is 1.91. The molecule has 0 rings (SSSR count). The summed E-state index contributed by atoms with van der Waals surface area (Å²) < 4.78 is 20.5. The minimum atomic E-state index is -4.00. The van der Waals surface area contributed by atoms with Gasteiger partial charge in [0, 0.05) is 18.5 Å². The van der Waals surface area contributed by atoms with Gasteiger partial charge in [-0.3, -0.25) is 9.13 Å². The molecule has 0 atom stereocenters. The Morgan fingerprint density at radius 3 is 1.25 bits per heavy atom. The molecule has 0 aromatic carbocycles. The van der Waals surface area contributed by atoms with E-state index in [9.17, 15) is 9.13 Å². The summed E-state index contributed by atoms with van der Waals surface area (Å²) in [5, 5.41) is 0. The van der Waals surface area contributed by atoms with Gasteiger partial charge in [0.2, 0.25) is 0 Å². The van der Waals surface area contributed by atoms with Crippen molar-refractivity contribution in [2.75, 3.05) is 12.3 Å². The molecule has 0 unspecified atom stereocenters. The molecule has 0 spiro atoms. The second kappa shape index (κ2) is 8.33. The lowest BCUT2D eigenvalue weighted by Gasteiger charge is -2.04. The van der Waals surface area contributed by atoms with E-state index in [1.807, 2.05) is 0 Å². The third-order valence-corrected chi connectivity index (χ3v) is 2.95. The maximum atomic E-state index is 10.3. The average Bonchev–Trinajstić information content (AvgIpc) is 1.93. The highest BCUT2D eigenvalue weighted by Gasteiger charge is 2.15. The normalized spacial score (nSPS) is 12.2. The number of hydrogen-bond donors (Lipinski definition) is 6. The average molecular weight is 278 g/mol. The van der Waals surface area contributed by atoms with Crippen molar-refractivity contribution in [3.63, 3.8) is 0 Å². The number of nitrogens with two attached hydrogens (primary N) is 2. The lowest BCUT2D eigenvalue weighted by molar-refractivity contribution is 0.364. The van der Waals surface area contributed by atoms with E-state index in [-0.39, 0.29) is 31.3 Å². The highest BCUT2D eigenvalue weighted by Crippen LogP contribution is 2.38. The van der Waals surface area contributed by atoms with Gasteiger partial charge in [0.05, 0.1) is 0 Å². The van der Waals surface area contributed by atoms with Crippen molar-refractivity contribution < 1.29 is 28.7 Å². The molecular weight excluding hydrogens is 258 g/mol. The molecule has 0 fully saturated rings. The molecule has 0 saturated carbocycles. The summed E-state index contributed by atoms with van der Waals surface area (Å²) in [5.41, 5.74) is 9.78. The molecule has 0 aliphatic carbocycles. The second-order valence-corrected chi connectivity index (χ2v) is 6.90. The summed E-state index contributed by atoms with van der Waals surface area (Å²) in [7, 11) is -8.00. The van der Waals surface area contributed by atoms with Gasteiger partial charge in [-0.2, -0.15) is 0 Å². The van der Waals surface area contributed by atoms with Crippen molar-refractivity contribution in [2.24, 2.45) is 11.5 Å². The monoisotopic (exact) mass is 278 g/mol. The summed E-state index contributed by atoms with van der Waals surface area (Å²) >= 11 is 0. The van der Waals surface area contributed by atoms with Crippen molar-refractivity contribution in [2.45, 2.75) is 25.9 Å². The summed E-state index contributed by atoms with van der Waals surface area (Å²) in [6, 6.07) is 0. The molecule has 0 aromatic heterocycles. The van der Waals surface area contributed by atoms with Crippen LogP contribution in [0.3, 0.4) is 0 Å². The van der Waals surface area contributed by atoms with Crippen molar-refractivity contribution in [3.8, 4) is 0 Å². The molecule has 0 aliphatic rings. The van der Waals surface area contributed by atoms with Crippen LogP contribution in [-0.4, -0.2) is 38.1 Å². The lowest BCUT2D eigenvalue weighted by atomic mass is 10.4. The van der Waals surface area contributed by atoms with E-state index < -0.39 is 15.2 Å². The fraction of sp³-hybridized carbons (Fsp3) is 1.00. The number of unbranched alkanes of at least 4 members (excludes halogenated alkanes) is 1. The topological polar surface area (TPSA) is 167 Å². The molecule has 0 aliphatic heterocycles. The van der Waals surface area contributed by atoms with Gasteiger partial charge in [-0.25, -0.2) is 0 Å². The fourth-order valence-electron chi connectivity index (χ4n) is 0.636. The lowest BCUT2D eigenvalue weighted by Crippen LogP contribution is -2.25. The van der Waals surface area contributed by atoms with Crippen LogP contribution in [0.15, 0.2) is 0 Å². The van der Waals surface area contributed by atoms with Crippen molar-refractivity contribution in [3.05, 3.63) is 0 Å². The maximum Gasteiger partial charge on any atom is 0.325 e. The Hall–Kier alpha value is 0.220. The van der Waals surface area contributed by atoms with E-state index >= 15 is 0 Å². The molecule has 0 bridgehead atoms. The highest BCUT2D eigenvalue weighted by molar-refractivity contribution is 7.52. The smallest absolute Gasteiger partial charge is 0.324 e. The van der Waals surface area contributed by atoms with Crippen LogP contribution in [0.5, 0.6) is 0 Å². The van der Waals surface area contributed by atoms with Crippen molar-refractivity contribution >= 4 is 15.2 Å². The second-order valence-electron chi connectivity index (χ2n) is 3.34. The zero-order valence-corrected chi connectivity index (χ0v) is 10.8. The standard InChI is InChI=1S/C4H12O6P2.C2H8N2/c5-11(6,7)3-1-2-4-12(8,9)10;1-2(3)4/h1-4H2,(H2,5,6,7)(H2,8,9,10);2H,3-4H2,1H3. The van der Waals surface area contributed by atoms with Crippen LogP contribution < -0.4 is 11.5 Å². The molecule has 8 N–H and O–H groups in total. The van der Waals surface area contributed by atoms with Gasteiger partial charge in [0.1, 0.15) is 0 Å². The van der Waals surface area contributed by atoms with Gasteiger partial charge >= 0.3 is 15.2 Å². The van der Waals surface area contributed by atoms with Gasteiger partial charge in [0.15, 0.2) is 0 Å². The SMILES string of the molecule is CC(N)N.O=P(O)(O)CCCCP(=O)(O)O. The predicted octanol–water partition coefficient (Wildman–Crippen LogP) is -0.628. The first kappa shape index (κ1) is 18.6. The Morgan fingerprint density at radius 2 is 1.12 bits per heavy atom. The Labute approximate surface area is 94.4 Å². The van der Waals surface area contributed by atoms with Gasteiger partial charge < -0.3 is 31.0 Å². The van der Waals surface area contributed by atoms with E-state index in [1.165, 1.54) is 0 Å². The third kappa shape index (κ3) is 29.2. The Bertz CT molecular complexity index is 233. The molecule has 0 radical (unpaired) electrons. The van der Waals surface area contributed by atoms with Gasteiger partial charge in [-0.05, 0) is 19.8 Å². The largest absolute Gasteiger partial charge is 0.325 e. The zero-order valence-electron chi connectivity index (χ0n) is 9.06. The summed E-state index contributed by atoms with van der Waals surface area (Å²) in [4.78, 5) is 33.5. The van der Waals surface area contributed by atoms with E-state index in [4.69, 9.17) is 31.0 Å². The molecule has 100 valence electrons. The molecule has 0 heterocycles. The van der Waals surface area contributed by atoms with Gasteiger partial charge in [-0.15, -0.1) is 0 Å². The Balaban J connectivity index is 0. The summed E-state index contributed by atoms with van der Waals surface area (Å²) in [5.74, 6) is 0. The van der Waals surface area contributed by atoms with Gasteiger partial charge in [0.25, 0.3) is 0 Å². The van der Waals surface area contributed by atoms with Crippen LogP contribution in [0.4, 0.5) is 0 Å². The van der Waals surface area contributed by atoms with E-state index in [0.717, 1.165) is 0 Å². The minimum absolute atomic E-state index is 0.134. The molecule has 8 nitrogen and oxygen atoms in total. The molecule has 10 heteroatoms. The first-order valence-electron chi connectivity index (χ1n) is 4.54. The number of hydrogen-bond acceptors (Lipinski definition) is 4. The molecule has 16 heavy (non-hydrogen) atoms. The predicted molar refractivity (Wildman–Crippen MR) is 60.9 cm³/mol. The first-order chi connectivity index (χ1) is 6.94. The maximum absolute atomic E-state index is 10.3. The Kier molecular flexibility index (Phi) is 9.68.